The van der Waals surface area contributed by atoms with Crippen LogP contribution in [0.25, 0.3) is 0 Å². The zero-order valence-corrected chi connectivity index (χ0v) is 6.76. The van der Waals surface area contributed by atoms with E-state index in [9.17, 15) is 4.79 Å². The Morgan fingerprint density at radius 2 is 2.45 bits per heavy atom. The van der Waals surface area contributed by atoms with Crippen molar-refractivity contribution in [2.75, 3.05) is 6.26 Å². The van der Waals surface area contributed by atoms with Gasteiger partial charge in [0, 0.05) is 0 Å². The predicted molar refractivity (Wildman–Crippen MR) is 45.6 cm³/mol. The first-order valence-electron chi connectivity index (χ1n) is 2.86. The molecule has 60 valence electrons. The SMILES string of the molecule is CSC(=O)C1(N)N=CN=C1N. The summed E-state index contributed by atoms with van der Waals surface area (Å²) in [6.45, 7) is 0. The quantitative estimate of drug-likeness (QED) is 0.526. The molecule has 0 aliphatic carbocycles. The highest BCUT2D eigenvalue weighted by Crippen LogP contribution is 2.15. The Bertz CT molecular complexity index is 249. The largest absolute Gasteiger partial charge is 0.383 e. The van der Waals surface area contributed by atoms with E-state index in [1.807, 2.05) is 0 Å². The summed E-state index contributed by atoms with van der Waals surface area (Å²) in [5.74, 6) is 0.0526. The highest BCUT2D eigenvalue weighted by molar-refractivity contribution is 8.13. The molecular formula is C5H8N4OS. The van der Waals surface area contributed by atoms with Crippen molar-refractivity contribution in [1.82, 2.24) is 0 Å². The molecule has 1 unspecified atom stereocenters. The minimum atomic E-state index is -1.42. The second-order valence-electron chi connectivity index (χ2n) is 2.02. The molecule has 0 radical (unpaired) electrons. The maximum absolute atomic E-state index is 11.1. The van der Waals surface area contributed by atoms with Crippen molar-refractivity contribution >= 4 is 29.1 Å². The highest BCUT2D eigenvalue weighted by Gasteiger charge is 2.39. The highest BCUT2D eigenvalue weighted by atomic mass is 32.2. The van der Waals surface area contributed by atoms with Crippen LogP contribution in [0.15, 0.2) is 9.98 Å². The minimum Gasteiger partial charge on any atom is -0.383 e. The number of rotatable bonds is 1. The van der Waals surface area contributed by atoms with Crippen molar-refractivity contribution in [2.45, 2.75) is 5.66 Å². The average Bonchev–Trinajstić information content (AvgIpc) is 2.32. The predicted octanol–water partition coefficient (Wildman–Crippen LogP) is -1.07. The molecule has 1 aliphatic rings. The summed E-state index contributed by atoms with van der Waals surface area (Å²) in [5, 5.41) is -0.299. The lowest BCUT2D eigenvalue weighted by molar-refractivity contribution is -0.113. The van der Waals surface area contributed by atoms with Gasteiger partial charge < -0.3 is 5.73 Å². The Balaban J connectivity index is 2.92. The van der Waals surface area contributed by atoms with Gasteiger partial charge in [0.05, 0.1) is 0 Å². The maximum atomic E-state index is 11.1. The van der Waals surface area contributed by atoms with Gasteiger partial charge in [0.2, 0.25) is 10.8 Å². The third kappa shape index (κ3) is 1.14. The third-order valence-corrected chi connectivity index (χ3v) is 2.03. The third-order valence-electron chi connectivity index (χ3n) is 1.35. The van der Waals surface area contributed by atoms with Crippen LogP contribution in [-0.2, 0) is 4.79 Å². The van der Waals surface area contributed by atoms with Gasteiger partial charge in [-0.3, -0.25) is 10.5 Å². The second-order valence-corrected chi connectivity index (χ2v) is 2.80. The molecule has 1 aliphatic heterocycles. The van der Waals surface area contributed by atoms with Crippen LogP contribution in [0.3, 0.4) is 0 Å². The molecule has 4 N–H and O–H groups in total. The molecule has 0 fully saturated rings. The molecule has 0 aromatic heterocycles. The molecule has 6 heteroatoms. The van der Waals surface area contributed by atoms with Crippen LogP contribution in [0, 0.1) is 0 Å². The molecule has 0 amide bonds. The fourth-order valence-corrected chi connectivity index (χ4v) is 1.13. The summed E-state index contributed by atoms with van der Waals surface area (Å²) in [7, 11) is 0. The van der Waals surface area contributed by atoms with Gasteiger partial charge in [-0.25, -0.2) is 9.98 Å². The molecule has 0 spiro atoms. The number of hydrogen-bond donors (Lipinski definition) is 2. The molecule has 1 atom stereocenters. The van der Waals surface area contributed by atoms with Crippen molar-refractivity contribution in [3.8, 4) is 0 Å². The Morgan fingerprint density at radius 3 is 2.82 bits per heavy atom. The van der Waals surface area contributed by atoms with E-state index >= 15 is 0 Å². The standard InChI is InChI=1S/C5H8N4OS/c1-11-4(10)5(7)3(6)8-2-9-5/h2H,7H2,1H3,(H2,6,8,9). The summed E-state index contributed by atoms with van der Waals surface area (Å²) < 4.78 is 0. The molecule has 5 nitrogen and oxygen atoms in total. The molecule has 1 heterocycles. The van der Waals surface area contributed by atoms with E-state index in [0.717, 1.165) is 11.8 Å². The Hall–Kier alpha value is -0.880. The van der Waals surface area contributed by atoms with Crippen molar-refractivity contribution in [3.63, 3.8) is 0 Å². The van der Waals surface area contributed by atoms with Gasteiger partial charge in [-0.2, -0.15) is 0 Å². The van der Waals surface area contributed by atoms with Crippen molar-refractivity contribution in [3.05, 3.63) is 0 Å². The average molecular weight is 172 g/mol. The number of thioether (sulfide) groups is 1. The number of carbonyl (C=O) groups excluding carboxylic acids is 1. The summed E-state index contributed by atoms with van der Waals surface area (Å²) in [6, 6.07) is 0. The van der Waals surface area contributed by atoms with E-state index in [-0.39, 0.29) is 11.0 Å². The van der Waals surface area contributed by atoms with Crippen LogP contribution in [0.1, 0.15) is 0 Å². The first kappa shape index (κ1) is 8.22. The Kier molecular flexibility index (Phi) is 1.97. The first-order chi connectivity index (χ1) is 5.11. The zero-order chi connectivity index (χ0) is 8.48. The smallest absolute Gasteiger partial charge is 0.238 e. The lowest BCUT2D eigenvalue weighted by Crippen LogP contribution is -2.53. The topological polar surface area (TPSA) is 93.8 Å². The maximum Gasteiger partial charge on any atom is 0.238 e. The molecule has 0 saturated carbocycles. The molecule has 0 aromatic carbocycles. The number of nitrogens with two attached hydrogens (primary N) is 2. The van der Waals surface area contributed by atoms with Crippen LogP contribution in [0.5, 0.6) is 0 Å². The van der Waals surface area contributed by atoms with Crippen molar-refractivity contribution in [2.24, 2.45) is 21.5 Å². The van der Waals surface area contributed by atoms with E-state index in [1.54, 1.807) is 6.26 Å². The molecule has 1 rings (SSSR count). The fourth-order valence-electron chi connectivity index (χ4n) is 0.660. The minimum absolute atomic E-state index is 0.0526. The van der Waals surface area contributed by atoms with Crippen LogP contribution in [0.4, 0.5) is 0 Å². The van der Waals surface area contributed by atoms with Gasteiger partial charge in [0.25, 0.3) is 0 Å². The fraction of sp³-hybridized carbons (Fsp3) is 0.400. The van der Waals surface area contributed by atoms with Gasteiger partial charge in [0.1, 0.15) is 6.34 Å². The Morgan fingerprint density at radius 1 is 1.82 bits per heavy atom. The number of nitrogens with zero attached hydrogens (tertiary/aromatic N) is 2. The summed E-state index contributed by atoms with van der Waals surface area (Å²) in [4.78, 5) is 18.4. The first-order valence-corrected chi connectivity index (χ1v) is 4.08. The molecular weight excluding hydrogens is 164 g/mol. The van der Waals surface area contributed by atoms with Crippen LogP contribution >= 0.6 is 11.8 Å². The number of aliphatic imine (C=N–C) groups is 2. The monoisotopic (exact) mass is 172 g/mol. The summed E-state index contributed by atoms with van der Waals surface area (Å²) in [6.07, 6.45) is 2.82. The Labute approximate surface area is 67.9 Å². The zero-order valence-electron chi connectivity index (χ0n) is 5.94. The van der Waals surface area contributed by atoms with Gasteiger partial charge in [-0.05, 0) is 6.26 Å². The van der Waals surface area contributed by atoms with E-state index in [1.165, 1.54) is 6.34 Å². The van der Waals surface area contributed by atoms with Gasteiger partial charge in [-0.15, -0.1) is 0 Å². The van der Waals surface area contributed by atoms with E-state index in [4.69, 9.17) is 11.5 Å². The van der Waals surface area contributed by atoms with E-state index in [0.29, 0.717) is 0 Å². The van der Waals surface area contributed by atoms with Gasteiger partial charge >= 0.3 is 0 Å². The van der Waals surface area contributed by atoms with Crippen LogP contribution < -0.4 is 11.5 Å². The lowest BCUT2D eigenvalue weighted by atomic mass is 10.2. The van der Waals surface area contributed by atoms with E-state index < -0.39 is 5.66 Å². The van der Waals surface area contributed by atoms with Gasteiger partial charge in [0.15, 0.2) is 5.84 Å². The van der Waals surface area contributed by atoms with Crippen LogP contribution in [0.2, 0.25) is 0 Å². The van der Waals surface area contributed by atoms with Crippen LogP contribution in [-0.4, -0.2) is 29.2 Å². The molecule has 0 bridgehead atoms. The number of hydrogen-bond acceptors (Lipinski definition) is 6. The summed E-state index contributed by atoms with van der Waals surface area (Å²) in [5.41, 5.74) is 9.47. The molecule has 11 heavy (non-hydrogen) atoms. The number of amidine groups is 1. The molecule has 0 saturated heterocycles. The second kappa shape index (κ2) is 2.63. The summed E-state index contributed by atoms with van der Waals surface area (Å²) >= 11 is 0.986. The van der Waals surface area contributed by atoms with E-state index in [2.05, 4.69) is 9.98 Å². The molecule has 0 aromatic rings. The van der Waals surface area contributed by atoms with Gasteiger partial charge in [-0.1, -0.05) is 11.8 Å². The normalized spacial score (nSPS) is 28.7. The lowest BCUT2D eigenvalue weighted by Gasteiger charge is -2.16. The van der Waals surface area contributed by atoms with Crippen molar-refractivity contribution < 1.29 is 4.79 Å². The van der Waals surface area contributed by atoms with Crippen molar-refractivity contribution in [1.29, 1.82) is 0 Å². The number of carbonyl (C=O) groups is 1.